The molecule has 2 heteroatoms. The lowest BCUT2D eigenvalue weighted by molar-refractivity contribution is 0.102. The third-order valence-electron chi connectivity index (χ3n) is 2.22. The van der Waals surface area contributed by atoms with E-state index in [1.807, 2.05) is 42.5 Å². The predicted molar refractivity (Wildman–Crippen MR) is 60.7 cm³/mol. The molecule has 0 fully saturated rings. The normalized spacial score (nSPS) is 10.4. The predicted octanol–water partition coefficient (Wildman–Crippen LogP) is 3.22. The highest BCUT2D eigenvalue weighted by molar-refractivity contribution is 7.81. The summed E-state index contributed by atoms with van der Waals surface area (Å²) in [6, 6.07) is 13.6. The lowest BCUT2D eigenvalue weighted by Crippen LogP contribution is -2.00. The van der Waals surface area contributed by atoms with Gasteiger partial charge in [-0.25, -0.2) is 0 Å². The molecule has 0 aliphatic heterocycles. The van der Waals surface area contributed by atoms with E-state index in [1.165, 1.54) is 0 Å². The van der Waals surface area contributed by atoms with Crippen LogP contribution < -0.4 is 0 Å². The number of benzene rings is 2. The summed E-state index contributed by atoms with van der Waals surface area (Å²) in [7, 11) is 0. The van der Waals surface area contributed by atoms with Gasteiger partial charge in [0.1, 0.15) is 0 Å². The van der Waals surface area contributed by atoms with E-state index in [0.29, 0.717) is 0 Å². The third kappa shape index (κ3) is 1.53. The van der Waals surface area contributed by atoms with Gasteiger partial charge in [-0.3, -0.25) is 4.79 Å². The van der Waals surface area contributed by atoms with Gasteiger partial charge in [0.15, 0.2) is 5.78 Å². The first-order valence-corrected chi connectivity index (χ1v) is 5.00. The summed E-state index contributed by atoms with van der Waals surface area (Å²) >= 11 is 4.77. The first-order chi connectivity index (χ1) is 6.83. The molecule has 69 valence electrons. The van der Waals surface area contributed by atoms with Crippen molar-refractivity contribution in [3.8, 4) is 0 Å². The maximum absolute atomic E-state index is 11.5. The molecule has 0 saturated carbocycles. The lowest BCUT2D eigenvalue weighted by Gasteiger charge is -2.02. The molecule has 2 rings (SSSR count). The second-order valence-electron chi connectivity index (χ2n) is 3.09. The Morgan fingerprint density at radius 3 is 2.57 bits per heavy atom. The number of carbonyl (C=O) groups is 1. The molecule has 0 aliphatic carbocycles. The van der Waals surface area contributed by atoms with Crippen molar-refractivity contribution in [3.63, 3.8) is 0 Å². The van der Waals surface area contributed by atoms with E-state index in [2.05, 4.69) is 0 Å². The summed E-state index contributed by atoms with van der Waals surface area (Å²) in [6.07, 6.45) is 0. The first-order valence-electron chi connectivity index (χ1n) is 4.42. The van der Waals surface area contributed by atoms with E-state index in [-0.39, 0.29) is 11.5 Å². The fourth-order valence-corrected chi connectivity index (χ4v) is 1.70. The monoisotopic (exact) mass is 201 g/mol. The quantitative estimate of drug-likeness (QED) is 0.682. The zero-order valence-electron chi connectivity index (χ0n) is 7.57. The zero-order chi connectivity index (χ0) is 9.97. The molecular formula is C12H9OS. The smallest absolute Gasteiger partial charge is 0.174 e. The minimum absolute atomic E-state index is 0.0248. The van der Waals surface area contributed by atoms with E-state index in [0.717, 1.165) is 16.3 Å². The molecule has 0 spiro atoms. The molecule has 1 nitrogen and oxygen atoms in total. The summed E-state index contributed by atoms with van der Waals surface area (Å²) in [4.78, 5) is 11.5. The van der Waals surface area contributed by atoms with E-state index < -0.39 is 0 Å². The van der Waals surface area contributed by atoms with Gasteiger partial charge in [-0.2, -0.15) is 0 Å². The van der Waals surface area contributed by atoms with Crippen molar-refractivity contribution in [2.75, 3.05) is 5.75 Å². The van der Waals surface area contributed by atoms with Gasteiger partial charge in [0.2, 0.25) is 0 Å². The third-order valence-corrected chi connectivity index (χ3v) is 2.48. The summed E-state index contributed by atoms with van der Waals surface area (Å²) < 4.78 is 0. The Bertz CT molecular complexity index is 471. The van der Waals surface area contributed by atoms with Crippen LogP contribution in [0.3, 0.4) is 0 Å². The van der Waals surface area contributed by atoms with E-state index >= 15 is 0 Å². The van der Waals surface area contributed by atoms with Gasteiger partial charge in [0.25, 0.3) is 0 Å². The average Bonchev–Trinajstić information content (AvgIpc) is 2.27. The van der Waals surface area contributed by atoms with Crippen LogP contribution in [0, 0.1) is 0 Å². The molecule has 2 aromatic rings. The Kier molecular flexibility index (Phi) is 2.55. The Balaban J connectivity index is 2.71. The van der Waals surface area contributed by atoms with Gasteiger partial charge in [-0.05, 0) is 10.8 Å². The van der Waals surface area contributed by atoms with Crippen LogP contribution in [0.1, 0.15) is 10.4 Å². The molecule has 0 N–H and O–H groups in total. The summed E-state index contributed by atoms with van der Waals surface area (Å²) in [6.45, 7) is 0. The van der Waals surface area contributed by atoms with Crippen molar-refractivity contribution in [2.45, 2.75) is 0 Å². The van der Waals surface area contributed by atoms with Crippen molar-refractivity contribution < 1.29 is 4.79 Å². The molecule has 0 unspecified atom stereocenters. The highest BCUT2D eigenvalue weighted by Crippen LogP contribution is 2.18. The van der Waals surface area contributed by atoms with Gasteiger partial charge < -0.3 is 0 Å². The maximum Gasteiger partial charge on any atom is 0.174 e. The highest BCUT2D eigenvalue weighted by Gasteiger charge is 2.06. The Morgan fingerprint density at radius 2 is 1.79 bits per heavy atom. The van der Waals surface area contributed by atoms with Crippen molar-refractivity contribution in [1.29, 1.82) is 0 Å². The molecule has 0 amide bonds. The molecule has 0 atom stereocenters. The van der Waals surface area contributed by atoms with Crippen LogP contribution in [0.15, 0.2) is 42.5 Å². The Labute approximate surface area is 88.2 Å². The standard InChI is InChI=1S/C12H9OS/c13-12(8-14)11-7-3-5-9-4-1-2-6-10(9)11/h1-7H,8H2. The minimum Gasteiger partial charge on any atom is -0.293 e. The van der Waals surface area contributed by atoms with E-state index in [4.69, 9.17) is 12.6 Å². The molecule has 0 bridgehead atoms. The second-order valence-corrected chi connectivity index (χ2v) is 3.38. The second kappa shape index (κ2) is 3.84. The van der Waals surface area contributed by atoms with Gasteiger partial charge in [0.05, 0.1) is 5.75 Å². The van der Waals surface area contributed by atoms with Crippen molar-refractivity contribution >= 4 is 29.2 Å². The molecule has 0 saturated heterocycles. The van der Waals surface area contributed by atoms with E-state index in [9.17, 15) is 4.79 Å². The number of hydrogen-bond acceptors (Lipinski definition) is 1. The number of hydrogen-bond donors (Lipinski definition) is 0. The summed E-state index contributed by atoms with van der Waals surface area (Å²) in [5.41, 5.74) is 0.734. The van der Waals surface area contributed by atoms with Gasteiger partial charge >= 0.3 is 0 Å². The first kappa shape index (κ1) is 9.28. The van der Waals surface area contributed by atoms with Crippen molar-refractivity contribution in [3.05, 3.63) is 48.0 Å². The lowest BCUT2D eigenvalue weighted by atomic mass is 10.0. The average molecular weight is 201 g/mol. The maximum atomic E-state index is 11.5. The Morgan fingerprint density at radius 1 is 1.07 bits per heavy atom. The molecule has 14 heavy (non-hydrogen) atoms. The van der Waals surface area contributed by atoms with Crippen LogP contribution in [-0.2, 0) is 0 Å². The van der Waals surface area contributed by atoms with Gasteiger partial charge in [-0.1, -0.05) is 55.1 Å². The summed E-state index contributed by atoms with van der Waals surface area (Å²) in [5, 5.41) is 2.08. The molecule has 0 aliphatic rings. The largest absolute Gasteiger partial charge is 0.293 e. The van der Waals surface area contributed by atoms with E-state index in [1.54, 1.807) is 0 Å². The molecule has 1 radical (unpaired) electrons. The van der Waals surface area contributed by atoms with Crippen LogP contribution in [0.25, 0.3) is 10.8 Å². The molecular weight excluding hydrogens is 192 g/mol. The minimum atomic E-state index is 0.0248. The fraction of sp³-hybridized carbons (Fsp3) is 0.0833. The number of ketones is 1. The van der Waals surface area contributed by atoms with Crippen LogP contribution in [0.5, 0.6) is 0 Å². The Hall–Kier alpha value is -1.28. The topological polar surface area (TPSA) is 17.1 Å². The van der Waals surface area contributed by atoms with Crippen LogP contribution in [-0.4, -0.2) is 11.5 Å². The van der Waals surface area contributed by atoms with Crippen molar-refractivity contribution in [1.82, 2.24) is 0 Å². The van der Waals surface area contributed by atoms with Crippen LogP contribution in [0.2, 0.25) is 0 Å². The van der Waals surface area contributed by atoms with Gasteiger partial charge in [0, 0.05) is 5.56 Å². The van der Waals surface area contributed by atoms with Crippen LogP contribution >= 0.6 is 12.6 Å². The van der Waals surface area contributed by atoms with Crippen LogP contribution in [0.4, 0.5) is 0 Å². The molecule has 0 heterocycles. The number of carbonyl (C=O) groups excluding carboxylic acids is 1. The highest BCUT2D eigenvalue weighted by atomic mass is 32.1. The fourth-order valence-electron chi connectivity index (χ4n) is 1.55. The number of fused-ring (bicyclic) bond motifs is 1. The zero-order valence-corrected chi connectivity index (χ0v) is 8.38. The number of Topliss-reactive ketones (excluding diaryl/α,β-unsaturated/α-hetero) is 1. The van der Waals surface area contributed by atoms with Crippen molar-refractivity contribution in [2.24, 2.45) is 0 Å². The SMILES string of the molecule is O=C(C[S])c1cccc2ccccc12. The summed E-state index contributed by atoms with van der Waals surface area (Å²) in [5.74, 6) is 0.172. The molecule has 0 aromatic heterocycles. The van der Waals surface area contributed by atoms with Gasteiger partial charge in [-0.15, -0.1) is 0 Å². The number of rotatable bonds is 2. The molecule has 2 aromatic carbocycles.